The third-order valence-electron chi connectivity index (χ3n) is 4.60. The summed E-state index contributed by atoms with van der Waals surface area (Å²) in [6.45, 7) is 2.56. The highest BCUT2D eigenvalue weighted by molar-refractivity contribution is 7.09. The molecule has 29 heavy (non-hydrogen) atoms. The topological polar surface area (TPSA) is 92.2 Å². The first-order chi connectivity index (χ1) is 14.2. The van der Waals surface area contributed by atoms with Gasteiger partial charge < -0.3 is 15.5 Å². The minimum absolute atomic E-state index is 0.0411. The smallest absolute Gasteiger partial charge is 0.317 e. The van der Waals surface area contributed by atoms with Crippen molar-refractivity contribution in [3.05, 3.63) is 64.4 Å². The SMILES string of the molecule is O=C(Cc1csc(Cc2ccccc2)n1)Nc1cnn(CCN2CCNC2=O)c1. The molecule has 1 aliphatic rings. The first-order valence-corrected chi connectivity index (χ1v) is 10.4. The monoisotopic (exact) mass is 410 g/mol. The fourth-order valence-electron chi connectivity index (χ4n) is 3.15. The summed E-state index contributed by atoms with van der Waals surface area (Å²) in [5, 5.41) is 12.8. The van der Waals surface area contributed by atoms with Crippen molar-refractivity contribution in [3.8, 4) is 0 Å². The van der Waals surface area contributed by atoms with Gasteiger partial charge in [0.2, 0.25) is 5.91 Å². The summed E-state index contributed by atoms with van der Waals surface area (Å²) in [5.41, 5.74) is 2.61. The molecule has 3 heterocycles. The molecule has 3 amide bonds. The molecule has 0 aliphatic carbocycles. The van der Waals surface area contributed by atoms with Gasteiger partial charge >= 0.3 is 6.03 Å². The first kappa shape index (κ1) is 19.1. The molecular weight excluding hydrogens is 388 g/mol. The number of nitrogens with zero attached hydrogens (tertiary/aromatic N) is 4. The van der Waals surface area contributed by atoms with Crippen molar-refractivity contribution in [2.75, 3.05) is 25.0 Å². The molecule has 1 saturated heterocycles. The molecule has 1 aromatic carbocycles. The van der Waals surface area contributed by atoms with Gasteiger partial charge in [-0.1, -0.05) is 30.3 Å². The number of carbonyl (C=O) groups is 2. The molecule has 1 aliphatic heterocycles. The summed E-state index contributed by atoms with van der Waals surface area (Å²) in [6.07, 6.45) is 4.39. The van der Waals surface area contributed by atoms with Crippen LogP contribution in [0.5, 0.6) is 0 Å². The normalized spacial score (nSPS) is 13.5. The van der Waals surface area contributed by atoms with Gasteiger partial charge in [0.1, 0.15) is 0 Å². The number of thiazole rings is 1. The van der Waals surface area contributed by atoms with Crippen molar-refractivity contribution < 1.29 is 9.59 Å². The first-order valence-electron chi connectivity index (χ1n) is 9.48. The van der Waals surface area contributed by atoms with Crippen molar-refractivity contribution >= 4 is 29.0 Å². The third-order valence-corrected chi connectivity index (χ3v) is 5.50. The Kier molecular flexibility index (Phi) is 5.85. The number of aromatic nitrogens is 3. The summed E-state index contributed by atoms with van der Waals surface area (Å²) in [4.78, 5) is 30.2. The molecule has 2 N–H and O–H groups in total. The summed E-state index contributed by atoms with van der Waals surface area (Å²) < 4.78 is 1.72. The quantitative estimate of drug-likeness (QED) is 0.595. The van der Waals surface area contributed by atoms with E-state index in [4.69, 9.17) is 0 Å². The molecule has 0 spiro atoms. The van der Waals surface area contributed by atoms with E-state index < -0.39 is 0 Å². The average molecular weight is 411 g/mol. The minimum atomic E-state index is -0.125. The van der Waals surface area contributed by atoms with E-state index in [1.807, 2.05) is 23.6 Å². The maximum Gasteiger partial charge on any atom is 0.317 e. The van der Waals surface area contributed by atoms with Crippen molar-refractivity contribution in [1.82, 2.24) is 25.0 Å². The van der Waals surface area contributed by atoms with Crippen LogP contribution in [0.3, 0.4) is 0 Å². The lowest BCUT2D eigenvalue weighted by molar-refractivity contribution is -0.115. The van der Waals surface area contributed by atoms with Gasteiger partial charge in [-0.15, -0.1) is 11.3 Å². The van der Waals surface area contributed by atoms with E-state index in [9.17, 15) is 9.59 Å². The number of amides is 3. The van der Waals surface area contributed by atoms with Crippen LogP contribution in [-0.2, 0) is 24.2 Å². The van der Waals surface area contributed by atoms with Gasteiger partial charge in [0.25, 0.3) is 0 Å². The summed E-state index contributed by atoms with van der Waals surface area (Å²) in [6, 6.07) is 10.1. The number of rotatable bonds is 8. The highest BCUT2D eigenvalue weighted by atomic mass is 32.1. The van der Waals surface area contributed by atoms with Crippen LogP contribution < -0.4 is 10.6 Å². The molecule has 0 saturated carbocycles. The van der Waals surface area contributed by atoms with Crippen LogP contribution >= 0.6 is 11.3 Å². The Hall–Kier alpha value is -3.20. The fraction of sp³-hybridized carbons (Fsp3) is 0.300. The van der Waals surface area contributed by atoms with E-state index in [-0.39, 0.29) is 18.4 Å². The van der Waals surface area contributed by atoms with Gasteiger partial charge in [0.15, 0.2) is 0 Å². The molecule has 2 aromatic heterocycles. The molecule has 0 atom stereocenters. The van der Waals surface area contributed by atoms with Gasteiger partial charge in [0.05, 0.1) is 35.6 Å². The van der Waals surface area contributed by atoms with Gasteiger partial charge in [-0.05, 0) is 5.56 Å². The molecule has 0 bridgehead atoms. The maximum atomic E-state index is 12.3. The third kappa shape index (κ3) is 5.20. The largest absolute Gasteiger partial charge is 0.336 e. The van der Waals surface area contributed by atoms with Gasteiger partial charge in [-0.25, -0.2) is 9.78 Å². The fourth-order valence-corrected chi connectivity index (χ4v) is 3.98. The average Bonchev–Trinajstić information content (AvgIpc) is 3.43. The predicted octanol–water partition coefficient (Wildman–Crippen LogP) is 2.14. The standard InChI is InChI=1S/C20H22N6O2S/c27-18(11-16-14-29-19(24-16)10-15-4-2-1-3-5-15)23-17-12-22-26(13-17)9-8-25-7-6-21-20(25)28/h1-5,12-14H,6-11H2,(H,21,28)(H,23,27). The Labute approximate surface area is 172 Å². The van der Waals surface area contributed by atoms with Crippen LogP contribution in [0, 0.1) is 0 Å². The lowest BCUT2D eigenvalue weighted by atomic mass is 10.2. The van der Waals surface area contributed by atoms with E-state index in [0.29, 0.717) is 31.9 Å². The number of hydrogen-bond acceptors (Lipinski definition) is 5. The zero-order valence-corrected chi connectivity index (χ0v) is 16.7. The molecule has 150 valence electrons. The summed E-state index contributed by atoms with van der Waals surface area (Å²) in [7, 11) is 0. The number of benzene rings is 1. The van der Waals surface area contributed by atoms with E-state index in [0.717, 1.165) is 17.1 Å². The molecule has 3 aromatic rings. The number of hydrogen-bond donors (Lipinski definition) is 2. The van der Waals surface area contributed by atoms with Crippen molar-refractivity contribution in [2.45, 2.75) is 19.4 Å². The molecule has 9 heteroatoms. The maximum absolute atomic E-state index is 12.3. The highest BCUT2D eigenvalue weighted by Crippen LogP contribution is 2.16. The lowest BCUT2D eigenvalue weighted by Crippen LogP contribution is -2.31. The highest BCUT2D eigenvalue weighted by Gasteiger charge is 2.18. The van der Waals surface area contributed by atoms with Crippen LogP contribution in [0.25, 0.3) is 0 Å². The second-order valence-electron chi connectivity index (χ2n) is 6.83. The van der Waals surface area contributed by atoms with Crippen LogP contribution in [0.1, 0.15) is 16.3 Å². The molecule has 4 rings (SSSR count). The molecule has 0 radical (unpaired) electrons. The second-order valence-corrected chi connectivity index (χ2v) is 7.77. The van der Waals surface area contributed by atoms with Gasteiger partial charge in [-0.2, -0.15) is 5.10 Å². The van der Waals surface area contributed by atoms with Crippen molar-refractivity contribution in [3.63, 3.8) is 0 Å². The van der Waals surface area contributed by atoms with E-state index in [2.05, 4.69) is 32.8 Å². The zero-order chi connectivity index (χ0) is 20.1. The molecular formula is C20H22N6O2S. The minimum Gasteiger partial charge on any atom is -0.336 e. The molecule has 8 nitrogen and oxygen atoms in total. The van der Waals surface area contributed by atoms with Crippen LogP contribution in [0.15, 0.2) is 48.1 Å². The van der Waals surface area contributed by atoms with E-state index in [1.54, 1.807) is 33.3 Å². The second kappa shape index (κ2) is 8.87. The lowest BCUT2D eigenvalue weighted by Gasteiger charge is -2.13. The number of anilines is 1. The van der Waals surface area contributed by atoms with E-state index in [1.165, 1.54) is 5.56 Å². The van der Waals surface area contributed by atoms with Gasteiger partial charge in [-0.3, -0.25) is 9.48 Å². The Balaban J connectivity index is 1.26. The van der Waals surface area contributed by atoms with Crippen molar-refractivity contribution in [2.24, 2.45) is 0 Å². The summed E-state index contributed by atoms with van der Waals surface area (Å²) in [5.74, 6) is -0.125. The number of nitrogens with one attached hydrogen (secondary N) is 2. The van der Waals surface area contributed by atoms with Crippen LogP contribution in [0.4, 0.5) is 10.5 Å². The Morgan fingerprint density at radius 3 is 2.90 bits per heavy atom. The number of urea groups is 1. The van der Waals surface area contributed by atoms with Crippen LogP contribution in [0.2, 0.25) is 0 Å². The van der Waals surface area contributed by atoms with E-state index >= 15 is 0 Å². The Bertz CT molecular complexity index is 984. The van der Waals surface area contributed by atoms with Crippen LogP contribution in [-0.4, -0.2) is 51.2 Å². The Morgan fingerprint density at radius 1 is 1.24 bits per heavy atom. The summed E-state index contributed by atoms with van der Waals surface area (Å²) >= 11 is 1.57. The van der Waals surface area contributed by atoms with Gasteiger partial charge in [0, 0.05) is 37.6 Å². The molecule has 0 unspecified atom stereocenters. The number of carbonyl (C=O) groups excluding carboxylic acids is 2. The predicted molar refractivity (Wildman–Crippen MR) is 111 cm³/mol. The Morgan fingerprint density at radius 2 is 2.10 bits per heavy atom. The zero-order valence-electron chi connectivity index (χ0n) is 15.9. The van der Waals surface area contributed by atoms with Crippen molar-refractivity contribution in [1.29, 1.82) is 0 Å². The molecule has 1 fully saturated rings.